The molecule has 0 bridgehead atoms. The maximum atomic E-state index is 14.3. The van der Waals surface area contributed by atoms with E-state index in [1.54, 1.807) is 17.5 Å². The Morgan fingerprint density at radius 3 is 2.40 bits per heavy atom. The molecule has 0 radical (unpaired) electrons. The van der Waals surface area contributed by atoms with Crippen LogP contribution in [0.25, 0.3) is 31.8 Å². The number of likely N-dealkylation sites (tertiary alicyclic amines) is 1. The number of para-hydroxylation sites is 1. The van der Waals surface area contributed by atoms with E-state index >= 15 is 0 Å². The number of β-amino-alcohol motifs (C(OH)–C–C–N with tert-alkyl or cyclic N) is 1. The van der Waals surface area contributed by atoms with Crippen LogP contribution in [0.5, 0.6) is 0 Å². The van der Waals surface area contributed by atoms with E-state index in [4.69, 9.17) is 14.8 Å². The average Bonchev–Trinajstić information content (AvgIpc) is 3.82. The normalized spacial score (nSPS) is 17.6. The number of nitrogens with zero attached hydrogens (tertiary/aromatic N) is 7. The highest BCUT2D eigenvalue weighted by atomic mass is 32.1. The summed E-state index contributed by atoms with van der Waals surface area (Å²) in [5.74, 6) is -1.92. The van der Waals surface area contributed by atoms with Gasteiger partial charge in [-0.15, -0.1) is 11.3 Å². The van der Waals surface area contributed by atoms with E-state index < -0.39 is 35.5 Å². The lowest BCUT2D eigenvalue weighted by Crippen LogP contribution is -2.57. The summed E-state index contributed by atoms with van der Waals surface area (Å²) in [4.78, 5) is 86.5. The topological polar surface area (TPSA) is 234 Å². The highest BCUT2D eigenvalue weighted by molar-refractivity contribution is 7.22. The van der Waals surface area contributed by atoms with E-state index in [-0.39, 0.29) is 54.3 Å². The molecule has 442 valence electrons. The Hall–Kier alpha value is -7.39. The van der Waals surface area contributed by atoms with Crippen molar-refractivity contribution < 1.29 is 38.9 Å². The summed E-state index contributed by atoms with van der Waals surface area (Å²) in [6.45, 7) is 14.0. The molecule has 1 saturated carbocycles. The van der Waals surface area contributed by atoms with Gasteiger partial charge in [0.1, 0.15) is 17.9 Å². The first-order valence-corrected chi connectivity index (χ1v) is 31.0. The van der Waals surface area contributed by atoms with Crippen LogP contribution >= 0.6 is 22.7 Å². The van der Waals surface area contributed by atoms with Gasteiger partial charge in [0.05, 0.1) is 44.6 Å². The predicted octanol–water partition coefficient (Wildman–Crippen LogP) is 10.7. The summed E-state index contributed by atoms with van der Waals surface area (Å²) in [5, 5.41) is 35.8. The molecule has 84 heavy (non-hydrogen) atoms. The Morgan fingerprint density at radius 2 is 1.67 bits per heavy atom. The van der Waals surface area contributed by atoms with Crippen LogP contribution in [0.3, 0.4) is 0 Å². The van der Waals surface area contributed by atoms with Gasteiger partial charge in [-0.1, -0.05) is 99.9 Å². The maximum Gasteiger partial charge on any atom is 0.355 e. The van der Waals surface area contributed by atoms with Gasteiger partial charge in [-0.25, -0.2) is 19.7 Å². The molecule has 2 aliphatic heterocycles. The third-order valence-electron chi connectivity index (χ3n) is 17.0. The number of hydrogen-bond donors (Lipinski definition) is 5. The number of nitrogens with one attached hydrogen (secondary N) is 3. The van der Waals surface area contributed by atoms with E-state index in [0.717, 1.165) is 87.3 Å². The van der Waals surface area contributed by atoms with Crippen LogP contribution in [0, 0.1) is 24.7 Å². The lowest BCUT2D eigenvalue weighted by Gasteiger charge is -2.38. The number of aromatic nitrogens is 5. The number of carbonyl (C=O) groups is 5. The molecule has 2 fully saturated rings. The van der Waals surface area contributed by atoms with Crippen molar-refractivity contribution in [2.45, 2.75) is 149 Å². The zero-order chi connectivity index (χ0) is 59.3. The lowest BCUT2D eigenvalue weighted by atomic mass is 9.71. The summed E-state index contributed by atoms with van der Waals surface area (Å²) in [6.07, 6.45) is 9.47. The molecule has 3 aliphatic rings. The van der Waals surface area contributed by atoms with Gasteiger partial charge < -0.3 is 35.4 Å². The third kappa shape index (κ3) is 13.6. The first kappa shape index (κ1) is 59.8. The van der Waals surface area contributed by atoms with Crippen LogP contribution in [0.1, 0.15) is 147 Å². The van der Waals surface area contributed by atoms with E-state index in [1.165, 1.54) is 22.7 Å². The monoisotopic (exact) mass is 1180 g/mol. The minimum atomic E-state index is -1.14. The number of benzene rings is 3. The number of thiazole rings is 2. The van der Waals surface area contributed by atoms with E-state index in [1.807, 2.05) is 135 Å². The number of aliphatic hydroxyl groups excluding tert-OH is 1. The molecule has 4 atom stereocenters. The number of aryl methyl sites for hydroxylation is 1. The smallest absolute Gasteiger partial charge is 0.355 e. The Balaban J connectivity index is 0.705. The Kier molecular flexibility index (Phi) is 18.4. The molecule has 0 spiro atoms. The molecule has 3 aromatic carbocycles. The molecule has 1 saturated heterocycles. The first-order valence-electron chi connectivity index (χ1n) is 29.3. The molecular weight excluding hydrogens is 1100 g/mol. The van der Waals surface area contributed by atoms with Gasteiger partial charge >= 0.3 is 5.97 Å². The van der Waals surface area contributed by atoms with Crippen molar-refractivity contribution in [2.24, 2.45) is 10.8 Å². The third-order valence-corrected chi connectivity index (χ3v) is 18.9. The molecule has 6 heterocycles. The number of amides is 4. The highest BCUT2D eigenvalue weighted by Crippen LogP contribution is 2.43. The van der Waals surface area contributed by atoms with Crippen molar-refractivity contribution >= 4 is 73.4 Å². The van der Waals surface area contributed by atoms with Crippen LogP contribution in [-0.4, -0.2) is 114 Å². The van der Waals surface area contributed by atoms with E-state index in [0.29, 0.717) is 73.3 Å². The first-order chi connectivity index (χ1) is 40.3. The molecule has 10 rings (SSSR count). The molecule has 18 nitrogen and oxygen atoms in total. The molecule has 1 aliphatic carbocycles. The molecular formula is C64H76N10O8S2. The van der Waals surface area contributed by atoms with Crippen LogP contribution in [0.15, 0.2) is 90.6 Å². The number of ether oxygens (including phenoxy) is 1. The van der Waals surface area contributed by atoms with Crippen molar-refractivity contribution in [2.75, 3.05) is 36.5 Å². The summed E-state index contributed by atoms with van der Waals surface area (Å²) in [5.41, 5.74) is 9.36. The minimum absolute atomic E-state index is 0.00868. The number of rotatable bonds is 21. The fourth-order valence-electron chi connectivity index (χ4n) is 12.3. The van der Waals surface area contributed by atoms with Crippen LogP contribution < -0.4 is 20.9 Å². The van der Waals surface area contributed by atoms with Crippen molar-refractivity contribution in [3.8, 4) is 21.6 Å². The van der Waals surface area contributed by atoms with Gasteiger partial charge in [0.2, 0.25) is 17.7 Å². The lowest BCUT2D eigenvalue weighted by molar-refractivity contribution is -0.144. The van der Waals surface area contributed by atoms with Crippen molar-refractivity contribution in [1.82, 2.24) is 40.3 Å². The average molecular weight is 1180 g/mol. The second-order valence-corrected chi connectivity index (χ2v) is 25.9. The van der Waals surface area contributed by atoms with Gasteiger partial charge in [0.25, 0.3) is 5.91 Å². The van der Waals surface area contributed by atoms with Gasteiger partial charge in [0.15, 0.2) is 10.8 Å². The molecule has 0 unspecified atom stereocenters. The molecule has 7 aromatic rings. The number of fused-ring (bicyclic) bond motifs is 2. The van der Waals surface area contributed by atoms with Crippen molar-refractivity contribution in [1.29, 1.82) is 0 Å². The Labute approximate surface area is 498 Å². The maximum absolute atomic E-state index is 14.3. The van der Waals surface area contributed by atoms with Crippen LogP contribution in [0.2, 0.25) is 0 Å². The standard InChI is InChI=1S/C64H76N10O8S2/c1-39(42-20-22-44(23-21-42)56-40(2)65-38-83-56)67-59(78)51-33-45(75)35-73(51)60(79)57(63(4,5)6)70-54(76)19-13-31-82-32-14-29-64(27-10-7-11-28-64)37-74-41(3)48(34-66-74)46-24-25-53(69-55(46)61(80)81)72-30-26-43-15-12-16-47(49(43)36-72)58(77)71-62-68-50-17-8-9-18-52(50)84-62/h8-9,12,15-18,20-25,34,38-39,45,51,57,75H,7,10-11,13-14,19,26-33,35-37H2,1-6H3,(H,67,78)(H,70,76)(H,80,81)(H,68,71,77)/t39-,45+,51-,57+/m0/s1. The highest BCUT2D eigenvalue weighted by Gasteiger charge is 2.45. The summed E-state index contributed by atoms with van der Waals surface area (Å²) < 4.78 is 9.12. The number of aliphatic hydroxyl groups is 1. The van der Waals surface area contributed by atoms with Gasteiger partial charge in [-0.05, 0) is 123 Å². The zero-order valence-electron chi connectivity index (χ0n) is 48.8. The summed E-state index contributed by atoms with van der Waals surface area (Å²) in [6, 6.07) is 23.0. The number of anilines is 2. The second-order valence-electron chi connectivity index (χ2n) is 24.0. The zero-order valence-corrected chi connectivity index (χ0v) is 50.4. The van der Waals surface area contributed by atoms with Gasteiger partial charge in [-0.3, -0.25) is 29.2 Å². The number of hydrogen-bond acceptors (Lipinski definition) is 14. The largest absolute Gasteiger partial charge is 0.476 e. The SMILES string of the molecule is Cc1ncsc1-c1ccc([C@H](C)NC(=O)[C@@H]2C[C@@H](O)CN2C(=O)[C@@H](NC(=O)CCCOCCCC2(Cn3ncc(-c4ccc(N5CCc6cccc(C(=O)Nc7nc8ccccc8s7)c6C5)nc4C(=O)O)c3C)CCCCC2)C(C)(C)C)cc1. The molecule has 4 amide bonds. The number of carboxylic acid groups (broad SMARTS) is 1. The van der Waals surface area contributed by atoms with Crippen molar-refractivity contribution in [3.05, 3.63) is 130 Å². The minimum Gasteiger partial charge on any atom is -0.476 e. The summed E-state index contributed by atoms with van der Waals surface area (Å²) >= 11 is 3.00. The number of aromatic carboxylic acids is 1. The second kappa shape index (κ2) is 25.8. The predicted molar refractivity (Wildman–Crippen MR) is 327 cm³/mol. The molecule has 4 aromatic heterocycles. The van der Waals surface area contributed by atoms with Crippen LogP contribution in [0.4, 0.5) is 10.9 Å². The van der Waals surface area contributed by atoms with Gasteiger partial charge in [0, 0.05) is 74.6 Å². The number of carbonyl (C=O) groups excluding carboxylic acids is 4. The quantitative estimate of drug-likeness (QED) is 0.0422. The fourth-order valence-corrected chi connectivity index (χ4v) is 14.0. The summed E-state index contributed by atoms with van der Waals surface area (Å²) in [7, 11) is 0. The fraction of sp³-hybridized carbons (Fsp3) is 0.453. The van der Waals surface area contributed by atoms with E-state index in [9.17, 15) is 34.2 Å². The van der Waals surface area contributed by atoms with Gasteiger partial charge in [-0.2, -0.15) is 5.10 Å². The number of pyridine rings is 1. The molecule has 5 N–H and O–H groups in total. The van der Waals surface area contributed by atoms with E-state index in [2.05, 4.69) is 25.9 Å². The molecule has 20 heteroatoms. The Morgan fingerprint density at radius 1 is 0.893 bits per heavy atom. The van der Waals surface area contributed by atoms with Crippen molar-refractivity contribution in [3.63, 3.8) is 0 Å². The number of carboxylic acids is 1. The van der Waals surface area contributed by atoms with Crippen LogP contribution in [-0.2, 0) is 38.6 Å². The Bertz CT molecular complexity index is 3490.